The zero-order valence-electron chi connectivity index (χ0n) is 16.9. The average Bonchev–Trinajstić information content (AvgIpc) is 3.40. The number of aryl methyl sites for hydroxylation is 3. The third kappa shape index (κ3) is 3.60. The Morgan fingerprint density at radius 2 is 2.04 bits per heavy atom. The molecule has 0 bridgehead atoms. The van der Waals surface area contributed by atoms with Gasteiger partial charge in [0.2, 0.25) is 5.91 Å². The minimum atomic E-state index is -0.0193. The standard InChI is InChI=1S/C21H28N4O2S/c1-13-17(14(2)24(3)23-13)12-22-20(26)15-6-7-18-16(10-15)11-19(28-18)21(27)25-8-4-5-9-25/h11,15H,4-10,12H2,1-3H3,(H,22,26). The van der Waals surface area contributed by atoms with Crippen molar-refractivity contribution >= 4 is 23.2 Å². The maximum atomic E-state index is 12.8. The first kappa shape index (κ1) is 19.2. The zero-order chi connectivity index (χ0) is 19.8. The number of carbonyl (C=O) groups is 2. The van der Waals surface area contributed by atoms with Crippen LogP contribution in [-0.4, -0.2) is 39.6 Å². The Morgan fingerprint density at radius 1 is 1.29 bits per heavy atom. The summed E-state index contributed by atoms with van der Waals surface area (Å²) in [6.07, 6.45) is 4.68. The highest BCUT2D eigenvalue weighted by Gasteiger charge is 2.29. The summed E-state index contributed by atoms with van der Waals surface area (Å²) < 4.78 is 1.86. The summed E-state index contributed by atoms with van der Waals surface area (Å²) in [6, 6.07) is 2.04. The average molecular weight is 401 g/mol. The van der Waals surface area contributed by atoms with E-state index in [2.05, 4.69) is 10.4 Å². The Morgan fingerprint density at radius 3 is 2.71 bits per heavy atom. The Bertz CT molecular complexity index is 908. The first-order valence-electron chi connectivity index (χ1n) is 10.1. The third-order valence-electron chi connectivity index (χ3n) is 6.16. The molecule has 1 atom stereocenters. The second-order valence-electron chi connectivity index (χ2n) is 7.99. The van der Waals surface area contributed by atoms with Gasteiger partial charge in [-0.05, 0) is 57.6 Å². The number of hydrogen-bond donors (Lipinski definition) is 1. The summed E-state index contributed by atoms with van der Waals surface area (Å²) in [6.45, 7) is 6.28. The number of amides is 2. The van der Waals surface area contributed by atoms with Gasteiger partial charge in [0.15, 0.2) is 0 Å². The van der Waals surface area contributed by atoms with Crippen molar-refractivity contribution in [3.63, 3.8) is 0 Å². The predicted molar refractivity (Wildman–Crippen MR) is 110 cm³/mol. The van der Waals surface area contributed by atoms with E-state index >= 15 is 0 Å². The van der Waals surface area contributed by atoms with Crippen LogP contribution in [0.3, 0.4) is 0 Å². The molecule has 28 heavy (non-hydrogen) atoms. The van der Waals surface area contributed by atoms with Crippen LogP contribution in [0.4, 0.5) is 0 Å². The normalized spacial score (nSPS) is 19.0. The molecular weight excluding hydrogens is 372 g/mol. The van der Waals surface area contributed by atoms with Crippen LogP contribution in [0.15, 0.2) is 6.07 Å². The van der Waals surface area contributed by atoms with Crippen LogP contribution in [0, 0.1) is 19.8 Å². The van der Waals surface area contributed by atoms with Crippen molar-refractivity contribution in [1.29, 1.82) is 0 Å². The number of nitrogens with zero attached hydrogens (tertiary/aromatic N) is 3. The van der Waals surface area contributed by atoms with E-state index in [4.69, 9.17) is 0 Å². The molecule has 2 amide bonds. The summed E-state index contributed by atoms with van der Waals surface area (Å²) in [4.78, 5) is 29.5. The fraction of sp³-hybridized carbons (Fsp3) is 0.571. The molecule has 7 heteroatoms. The number of likely N-dealkylation sites (tertiary alicyclic amines) is 1. The van der Waals surface area contributed by atoms with Crippen molar-refractivity contribution < 1.29 is 9.59 Å². The van der Waals surface area contributed by atoms with E-state index in [1.54, 1.807) is 11.3 Å². The largest absolute Gasteiger partial charge is 0.352 e. The number of thiophene rings is 1. The summed E-state index contributed by atoms with van der Waals surface area (Å²) in [5.74, 6) is 0.251. The monoisotopic (exact) mass is 400 g/mol. The van der Waals surface area contributed by atoms with Gasteiger partial charge in [0.25, 0.3) is 5.91 Å². The Hall–Kier alpha value is -2.15. The zero-order valence-corrected chi connectivity index (χ0v) is 17.7. The summed E-state index contributed by atoms with van der Waals surface area (Å²) in [5.41, 5.74) is 4.34. The molecule has 6 nitrogen and oxygen atoms in total. The van der Waals surface area contributed by atoms with Crippen LogP contribution in [0.25, 0.3) is 0 Å². The highest BCUT2D eigenvalue weighted by atomic mass is 32.1. The van der Waals surface area contributed by atoms with Gasteiger partial charge >= 0.3 is 0 Å². The van der Waals surface area contributed by atoms with Crippen LogP contribution >= 0.6 is 11.3 Å². The van der Waals surface area contributed by atoms with E-state index < -0.39 is 0 Å². The molecule has 1 saturated heterocycles. The van der Waals surface area contributed by atoms with Gasteiger partial charge < -0.3 is 10.2 Å². The van der Waals surface area contributed by atoms with Gasteiger partial charge in [-0.25, -0.2) is 0 Å². The molecule has 0 radical (unpaired) electrons. The predicted octanol–water partition coefficient (Wildman–Crippen LogP) is 2.76. The van der Waals surface area contributed by atoms with Gasteiger partial charge in [-0.1, -0.05) is 0 Å². The first-order chi connectivity index (χ1) is 13.4. The lowest BCUT2D eigenvalue weighted by atomic mass is 9.87. The van der Waals surface area contributed by atoms with E-state index in [0.29, 0.717) is 6.54 Å². The van der Waals surface area contributed by atoms with Crippen molar-refractivity contribution in [2.45, 2.75) is 52.5 Å². The van der Waals surface area contributed by atoms with Crippen LogP contribution in [-0.2, 0) is 31.2 Å². The van der Waals surface area contributed by atoms with Crippen LogP contribution < -0.4 is 5.32 Å². The highest BCUT2D eigenvalue weighted by molar-refractivity contribution is 7.14. The number of carbonyl (C=O) groups excluding carboxylic acids is 2. The molecule has 4 rings (SSSR count). The summed E-state index contributed by atoms with van der Waals surface area (Å²) >= 11 is 1.63. The molecule has 3 heterocycles. The van der Waals surface area contributed by atoms with Gasteiger partial charge in [-0.15, -0.1) is 11.3 Å². The smallest absolute Gasteiger partial charge is 0.263 e. The second kappa shape index (κ2) is 7.70. The molecule has 1 fully saturated rings. The molecular formula is C21H28N4O2S. The van der Waals surface area contributed by atoms with Crippen molar-refractivity contribution in [3.8, 4) is 0 Å². The summed E-state index contributed by atoms with van der Waals surface area (Å²) in [5, 5.41) is 7.52. The molecule has 2 aliphatic rings. The van der Waals surface area contributed by atoms with E-state index in [1.807, 2.05) is 36.5 Å². The molecule has 0 aromatic carbocycles. The van der Waals surface area contributed by atoms with Crippen molar-refractivity contribution in [2.75, 3.05) is 13.1 Å². The SMILES string of the molecule is Cc1nn(C)c(C)c1CNC(=O)C1CCc2sc(C(=O)N3CCCC3)cc2C1. The molecule has 0 saturated carbocycles. The maximum absolute atomic E-state index is 12.8. The highest BCUT2D eigenvalue weighted by Crippen LogP contribution is 2.33. The topological polar surface area (TPSA) is 67.2 Å². The molecule has 150 valence electrons. The molecule has 1 aliphatic heterocycles. The summed E-state index contributed by atoms with van der Waals surface area (Å²) in [7, 11) is 1.92. The van der Waals surface area contributed by atoms with Gasteiger partial charge in [0, 0.05) is 48.7 Å². The lowest BCUT2D eigenvalue weighted by molar-refractivity contribution is -0.125. The fourth-order valence-electron chi connectivity index (χ4n) is 4.32. The molecule has 2 aromatic rings. The van der Waals surface area contributed by atoms with Gasteiger partial charge in [0.1, 0.15) is 0 Å². The molecule has 2 aromatic heterocycles. The number of aromatic nitrogens is 2. The third-order valence-corrected chi connectivity index (χ3v) is 7.38. The Labute approximate surface area is 169 Å². The Kier molecular flexibility index (Phi) is 5.27. The molecule has 0 spiro atoms. The quantitative estimate of drug-likeness (QED) is 0.858. The molecule has 1 N–H and O–H groups in total. The van der Waals surface area contributed by atoms with Gasteiger partial charge in [0.05, 0.1) is 10.6 Å². The molecule has 1 unspecified atom stereocenters. The van der Waals surface area contributed by atoms with Crippen LogP contribution in [0.2, 0.25) is 0 Å². The van der Waals surface area contributed by atoms with Gasteiger partial charge in [-0.2, -0.15) is 5.10 Å². The van der Waals surface area contributed by atoms with Crippen molar-refractivity contribution in [1.82, 2.24) is 20.0 Å². The number of nitrogens with one attached hydrogen (secondary N) is 1. The minimum absolute atomic E-state index is 0.0193. The van der Waals surface area contributed by atoms with Crippen molar-refractivity contribution in [2.24, 2.45) is 13.0 Å². The second-order valence-corrected chi connectivity index (χ2v) is 9.13. The Balaban J connectivity index is 1.39. The minimum Gasteiger partial charge on any atom is -0.352 e. The van der Waals surface area contributed by atoms with E-state index in [9.17, 15) is 9.59 Å². The maximum Gasteiger partial charge on any atom is 0.263 e. The van der Waals surface area contributed by atoms with E-state index in [1.165, 1.54) is 10.4 Å². The van der Waals surface area contributed by atoms with Crippen molar-refractivity contribution in [3.05, 3.63) is 38.3 Å². The fourth-order valence-corrected chi connectivity index (χ4v) is 5.50. The number of hydrogen-bond acceptors (Lipinski definition) is 4. The van der Waals surface area contributed by atoms with E-state index in [0.717, 1.165) is 67.0 Å². The van der Waals surface area contributed by atoms with E-state index in [-0.39, 0.29) is 17.7 Å². The van der Waals surface area contributed by atoms with Crippen LogP contribution in [0.5, 0.6) is 0 Å². The number of rotatable bonds is 4. The van der Waals surface area contributed by atoms with Crippen LogP contribution in [0.1, 0.15) is 56.3 Å². The number of fused-ring (bicyclic) bond motifs is 1. The first-order valence-corrected chi connectivity index (χ1v) is 10.9. The molecule has 1 aliphatic carbocycles. The van der Waals surface area contributed by atoms with Gasteiger partial charge in [-0.3, -0.25) is 14.3 Å². The lowest BCUT2D eigenvalue weighted by Crippen LogP contribution is -2.33. The lowest BCUT2D eigenvalue weighted by Gasteiger charge is -2.21.